The molecule has 1 aliphatic rings. The molecule has 1 aromatic heterocycles. The molecule has 1 N–H and O–H groups in total. The number of rotatable bonds is 9. The van der Waals surface area contributed by atoms with Crippen molar-refractivity contribution in [3.05, 3.63) is 64.6 Å². The van der Waals surface area contributed by atoms with Crippen LogP contribution in [0, 0.1) is 0 Å². The fraction of sp³-hybridized carbons (Fsp3) is 0.375. The summed E-state index contributed by atoms with van der Waals surface area (Å²) in [7, 11) is 1.59. The fourth-order valence-electron chi connectivity index (χ4n) is 3.88. The smallest absolute Gasteiger partial charge is 0.274 e. The molecule has 1 fully saturated rings. The van der Waals surface area contributed by atoms with Gasteiger partial charge in [-0.1, -0.05) is 18.2 Å². The lowest BCUT2D eigenvalue weighted by Crippen LogP contribution is -2.33. The molecule has 0 atom stereocenters. The van der Waals surface area contributed by atoms with Crippen molar-refractivity contribution in [1.29, 1.82) is 0 Å². The average molecular weight is 437 g/mol. The Morgan fingerprint density at radius 2 is 1.69 bits per heavy atom. The van der Waals surface area contributed by atoms with Crippen molar-refractivity contribution in [2.24, 2.45) is 0 Å². The molecule has 1 saturated heterocycles. The Balaban J connectivity index is 1.42. The second-order valence-corrected chi connectivity index (χ2v) is 7.81. The molecule has 0 saturated carbocycles. The molecule has 1 aliphatic heterocycles. The highest BCUT2D eigenvalue weighted by Crippen LogP contribution is 2.17. The van der Waals surface area contributed by atoms with Crippen molar-refractivity contribution in [3.8, 4) is 11.5 Å². The van der Waals surface area contributed by atoms with Gasteiger partial charge in [0.15, 0.2) is 6.61 Å². The fourth-order valence-corrected chi connectivity index (χ4v) is 3.88. The van der Waals surface area contributed by atoms with Gasteiger partial charge in [0.1, 0.15) is 11.5 Å². The number of nitrogens with one attached hydrogen (secondary N) is 1. The first kappa shape index (κ1) is 21.8. The molecule has 2 heterocycles. The zero-order chi connectivity index (χ0) is 22.3. The largest absolute Gasteiger partial charge is 0.497 e. The van der Waals surface area contributed by atoms with Crippen LogP contribution in [0.3, 0.4) is 0 Å². The number of hydrogen-bond acceptors (Lipinski definition) is 6. The lowest BCUT2D eigenvalue weighted by atomic mass is 10.1. The van der Waals surface area contributed by atoms with Crippen LogP contribution in [0.4, 0.5) is 0 Å². The van der Waals surface area contributed by atoms with Gasteiger partial charge in [0.05, 0.1) is 31.3 Å². The van der Waals surface area contributed by atoms with Crippen LogP contribution in [0.5, 0.6) is 11.5 Å². The van der Waals surface area contributed by atoms with Gasteiger partial charge in [0, 0.05) is 11.9 Å². The first-order valence-electron chi connectivity index (χ1n) is 10.9. The summed E-state index contributed by atoms with van der Waals surface area (Å²) in [4.78, 5) is 27.6. The van der Waals surface area contributed by atoms with Gasteiger partial charge in [-0.3, -0.25) is 9.59 Å². The first-order chi connectivity index (χ1) is 15.6. The minimum Gasteiger partial charge on any atom is -0.497 e. The number of carbonyl (C=O) groups is 1. The topological polar surface area (TPSA) is 85.7 Å². The summed E-state index contributed by atoms with van der Waals surface area (Å²) in [5.74, 6) is 1.04. The van der Waals surface area contributed by atoms with Crippen LogP contribution in [-0.2, 0) is 17.9 Å². The van der Waals surface area contributed by atoms with Crippen LogP contribution >= 0.6 is 0 Å². The summed E-state index contributed by atoms with van der Waals surface area (Å²) < 4.78 is 12.2. The molecule has 8 nitrogen and oxygen atoms in total. The number of ether oxygens (including phenoxy) is 2. The van der Waals surface area contributed by atoms with Crippen molar-refractivity contribution in [2.75, 3.05) is 33.4 Å². The number of likely N-dealkylation sites (tertiary alicyclic amines) is 1. The molecule has 0 unspecified atom stereocenters. The van der Waals surface area contributed by atoms with Crippen molar-refractivity contribution in [3.63, 3.8) is 0 Å². The van der Waals surface area contributed by atoms with E-state index in [1.165, 1.54) is 17.5 Å². The minimum absolute atomic E-state index is 0.0993. The lowest BCUT2D eigenvalue weighted by Gasteiger charge is -2.16. The molecule has 0 spiro atoms. The highest BCUT2D eigenvalue weighted by Gasteiger charge is 2.15. The average Bonchev–Trinajstić information content (AvgIpc) is 3.36. The number of nitrogens with zero attached hydrogens (tertiary/aromatic N) is 3. The number of carbonyl (C=O) groups excluding carboxylic acids is 1. The third-order valence-electron chi connectivity index (χ3n) is 5.65. The number of methoxy groups -OCH3 is 1. The molecule has 8 heteroatoms. The van der Waals surface area contributed by atoms with E-state index in [0.29, 0.717) is 23.4 Å². The summed E-state index contributed by atoms with van der Waals surface area (Å²) in [6.45, 7) is 3.57. The molecular formula is C24H28N4O4. The van der Waals surface area contributed by atoms with Gasteiger partial charge in [-0.25, -0.2) is 4.68 Å². The molecule has 0 aliphatic carbocycles. The monoisotopic (exact) mass is 436 g/mol. The Kier molecular flexibility index (Phi) is 7.01. The summed E-state index contributed by atoms with van der Waals surface area (Å²) in [6.07, 6.45) is 2.41. The second-order valence-electron chi connectivity index (χ2n) is 7.81. The number of hydrogen-bond donors (Lipinski definition) is 1. The highest BCUT2D eigenvalue weighted by atomic mass is 16.5. The molecule has 32 heavy (non-hydrogen) atoms. The van der Waals surface area contributed by atoms with Gasteiger partial charge in [0.25, 0.3) is 11.5 Å². The third kappa shape index (κ3) is 5.26. The van der Waals surface area contributed by atoms with Crippen LogP contribution in [0.15, 0.2) is 53.3 Å². The predicted molar refractivity (Wildman–Crippen MR) is 122 cm³/mol. The Labute approximate surface area is 186 Å². The first-order valence-corrected chi connectivity index (χ1v) is 10.9. The SMILES string of the molecule is COc1ccc(OCC(=O)NCc2nn(CCN3CCCC3)c(=O)c3ccccc23)cc1. The number of amides is 1. The number of benzene rings is 2. The molecule has 4 rings (SSSR count). The molecule has 168 valence electrons. The quantitative estimate of drug-likeness (QED) is 0.554. The molecule has 0 bridgehead atoms. The summed E-state index contributed by atoms with van der Waals surface area (Å²) >= 11 is 0. The predicted octanol–water partition coefficient (Wildman–Crippen LogP) is 2.20. The van der Waals surface area contributed by atoms with Gasteiger partial charge >= 0.3 is 0 Å². The van der Waals surface area contributed by atoms with E-state index in [9.17, 15) is 9.59 Å². The maximum Gasteiger partial charge on any atom is 0.274 e. The molecule has 1 amide bonds. The summed E-state index contributed by atoms with van der Waals surface area (Å²) in [5, 5.41) is 8.80. The second kappa shape index (κ2) is 10.3. The summed E-state index contributed by atoms with van der Waals surface area (Å²) in [5.41, 5.74) is 0.567. The number of aromatic nitrogens is 2. The maximum absolute atomic E-state index is 12.9. The lowest BCUT2D eigenvalue weighted by molar-refractivity contribution is -0.123. The maximum atomic E-state index is 12.9. The van der Waals surface area contributed by atoms with E-state index in [4.69, 9.17) is 9.47 Å². The van der Waals surface area contributed by atoms with E-state index >= 15 is 0 Å². The Hall–Kier alpha value is -3.39. The van der Waals surface area contributed by atoms with Gasteiger partial charge in [-0.05, 0) is 56.3 Å². The van der Waals surface area contributed by atoms with E-state index in [2.05, 4.69) is 15.3 Å². The molecule has 3 aromatic rings. The van der Waals surface area contributed by atoms with Gasteiger partial charge in [0.2, 0.25) is 0 Å². The minimum atomic E-state index is -0.262. The van der Waals surface area contributed by atoms with Crippen molar-refractivity contribution in [1.82, 2.24) is 20.0 Å². The zero-order valence-corrected chi connectivity index (χ0v) is 18.3. The van der Waals surface area contributed by atoms with E-state index in [1.807, 2.05) is 24.3 Å². The van der Waals surface area contributed by atoms with Gasteiger partial charge in [-0.2, -0.15) is 5.10 Å². The van der Waals surface area contributed by atoms with E-state index in [0.717, 1.165) is 30.8 Å². The summed E-state index contributed by atoms with van der Waals surface area (Å²) in [6, 6.07) is 14.4. The van der Waals surface area contributed by atoms with Gasteiger partial charge < -0.3 is 19.7 Å². The van der Waals surface area contributed by atoms with Crippen molar-refractivity contribution in [2.45, 2.75) is 25.9 Å². The zero-order valence-electron chi connectivity index (χ0n) is 18.3. The number of fused-ring (bicyclic) bond motifs is 1. The van der Waals surface area contributed by atoms with E-state index in [1.54, 1.807) is 31.4 Å². The Morgan fingerprint density at radius 3 is 2.41 bits per heavy atom. The van der Waals surface area contributed by atoms with Crippen LogP contribution < -0.4 is 20.3 Å². The van der Waals surface area contributed by atoms with E-state index in [-0.39, 0.29) is 24.6 Å². The van der Waals surface area contributed by atoms with Crippen LogP contribution in [0.25, 0.3) is 10.8 Å². The Morgan fingerprint density at radius 1 is 1.00 bits per heavy atom. The Bertz CT molecular complexity index is 1120. The van der Waals surface area contributed by atoms with Gasteiger partial charge in [-0.15, -0.1) is 0 Å². The molecule has 2 aromatic carbocycles. The highest BCUT2D eigenvalue weighted by molar-refractivity contribution is 5.84. The van der Waals surface area contributed by atoms with Crippen LogP contribution in [0.2, 0.25) is 0 Å². The van der Waals surface area contributed by atoms with Crippen LogP contribution in [0.1, 0.15) is 18.5 Å². The van der Waals surface area contributed by atoms with Crippen molar-refractivity contribution >= 4 is 16.7 Å². The third-order valence-corrected chi connectivity index (χ3v) is 5.65. The molecule has 0 radical (unpaired) electrons. The standard InChI is InChI=1S/C24H28N4O4/c1-31-18-8-10-19(11-9-18)32-17-23(29)25-16-22-20-6-2-3-7-21(20)24(30)28(26-22)15-14-27-12-4-5-13-27/h2-3,6-11H,4-5,12-17H2,1H3,(H,25,29). The van der Waals surface area contributed by atoms with Crippen molar-refractivity contribution < 1.29 is 14.3 Å². The van der Waals surface area contributed by atoms with E-state index < -0.39 is 0 Å². The normalized spacial score (nSPS) is 13.9. The van der Waals surface area contributed by atoms with Crippen LogP contribution in [-0.4, -0.2) is 53.9 Å². The molecular weight excluding hydrogens is 408 g/mol.